The number of carbonyl (C=O) groups excluding carboxylic acids is 1. The van der Waals surface area contributed by atoms with E-state index in [1.165, 1.54) is 6.92 Å². The van der Waals surface area contributed by atoms with Gasteiger partial charge in [-0.05, 0) is 30.7 Å². The molecule has 0 aliphatic rings. The number of hydrogen-bond donors (Lipinski definition) is 2. The molecule has 1 heterocycles. The molecule has 6 nitrogen and oxygen atoms in total. The quantitative estimate of drug-likeness (QED) is 0.602. The molecule has 0 saturated heterocycles. The first-order valence-electron chi connectivity index (χ1n) is 8.55. The van der Waals surface area contributed by atoms with Crippen molar-refractivity contribution in [2.45, 2.75) is 26.9 Å². The maximum absolute atomic E-state index is 11.2. The molecule has 0 saturated carbocycles. The summed E-state index contributed by atoms with van der Waals surface area (Å²) in [5.74, 6) is 0.731. The lowest BCUT2D eigenvalue weighted by Gasteiger charge is -2.22. The summed E-state index contributed by atoms with van der Waals surface area (Å²) in [4.78, 5) is 18.0. The first-order valence-corrected chi connectivity index (χ1v) is 8.93. The summed E-state index contributed by atoms with van der Waals surface area (Å²) in [5.41, 5.74) is 2.92. The Kier molecular flexibility index (Phi) is 7.09. The van der Waals surface area contributed by atoms with Gasteiger partial charge >= 0.3 is 0 Å². The molecule has 0 fully saturated rings. The van der Waals surface area contributed by atoms with Crippen LogP contribution in [-0.4, -0.2) is 34.9 Å². The fourth-order valence-corrected chi connectivity index (χ4v) is 2.90. The molecule has 26 heavy (non-hydrogen) atoms. The minimum atomic E-state index is -0.0834. The van der Waals surface area contributed by atoms with E-state index in [1.54, 1.807) is 0 Å². The first-order chi connectivity index (χ1) is 12.4. The SMILES string of the molecule is CCNC(=NCc1cccc(NC(C)=O)c1)N(C)Cc1cc(Cl)cn1C. The van der Waals surface area contributed by atoms with Crippen molar-refractivity contribution in [3.05, 3.63) is 52.8 Å². The Morgan fingerprint density at radius 3 is 2.73 bits per heavy atom. The molecular weight excluding hydrogens is 350 g/mol. The van der Waals surface area contributed by atoms with Crippen molar-refractivity contribution >= 4 is 29.2 Å². The normalized spacial score (nSPS) is 11.3. The van der Waals surface area contributed by atoms with E-state index < -0.39 is 0 Å². The van der Waals surface area contributed by atoms with E-state index >= 15 is 0 Å². The second-order valence-electron chi connectivity index (χ2n) is 6.17. The minimum absolute atomic E-state index is 0.0834. The van der Waals surface area contributed by atoms with Gasteiger partial charge in [-0.15, -0.1) is 0 Å². The van der Waals surface area contributed by atoms with Gasteiger partial charge in [0, 0.05) is 45.1 Å². The highest BCUT2D eigenvalue weighted by molar-refractivity contribution is 6.30. The third kappa shape index (κ3) is 5.81. The summed E-state index contributed by atoms with van der Waals surface area (Å²) in [5, 5.41) is 6.83. The molecule has 0 bridgehead atoms. The van der Waals surface area contributed by atoms with Crippen LogP contribution in [0.4, 0.5) is 5.69 Å². The first kappa shape index (κ1) is 19.8. The molecule has 0 aliphatic carbocycles. The van der Waals surface area contributed by atoms with Crippen molar-refractivity contribution in [3.8, 4) is 0 Å². The van der Waals surface area contributed by atoms with Crippen LogP contribution in [0, 0.1) is 0 Å². The summed E-state index contributed by atoms with van der Waals surface area (Å²) in [6.07, 6.45) is 1.89. The van der Waals surface area contributed by atoms with Crippen molar-refractivity contribution in [1.29, 1.82) is 0 Å². The fourth-order valence-electron chi connectivity index (χ4n) is 2.63. The van der Waals surface area contributed by atoms with Crippen molar-refractivity contribution in [2.75, 3.05) is 18.9 Å². The summed E-state index contributed by atoms with van der Waals surface area (Å²) in [6, 6.07) is 9.67. The molecular formula is C19H26ClN5O. The lowest BCUT2D eigenvalue weighted by molar-refractivity contribution is -0.114. The molecule has 0 unspecified atom stereocenters. The molecule has 0 radical (unpaired) electrons. The number of hydrogen-bond acceptors (Lipinski definition) is 2. The van der Waals surface area contributed by atoms with Crippen LogP contribution in [0.5, 0.6) is 0 Å². The summed E-state index contributed by atoms with van der Waals surface area (Å²) in [6.45, 7) is 5.54. The van der Waals surface area contributed by atoms with E-state index in [9.17, 15) is 4.79 Å². The molecule has 0 spiro atoms. The molecule has 0 aliphatic heterocycles. The van der Waals surface area contributed by atoms with Crippen LogP contribution in [0.2, 0.25) is 5.02 Å². The highest BCUT2D eigenvalue weighted by Crippen LogP contribution is 2.15. The second-order valence-corrected chi connectivity index (χ2v) is 6.60. The molecule has 1 aromatic heterocycles. The number of aryl methyl sites for hydroxylation is 1. The number of amides is 1. The Balaban J connectivity index is 2.10. The molecule has 1 amide bonds. The average molecular weight is 376 g/mol. The van der Waals surface area contributed by atoms with Crippen LogP contribution in [-0.2, 0) is 24.9 Å². The summed E-state index contributed by atoms with van der Waals surface area (Å²) < 4.78 is 2.01. The Morgan fingerprint density at radius 1 is 1.35 bits per heavy atom. The zero-order valence-electron chi connectivity index (χ0n) is 15.7. The number of guanidine groups is 1. The molecule has 2 N–H and O–H groups in total. The Morgan fingerprint density at radius 2 is 2.12 bits per heavy atom. The van der Waals surface area contributed by atoms with Crippen molar-refractivity contribution in [3.63, 3.8) is 0 Å². The number of benzene rings is 1. The van der Waals surface area contributed by atoms with Crippen LogP contribution in [0.1, 0.15) is 25.1 Å². The van der Waals surface area contributed by atoms with Gasteiger partial charge in [0.2, 0.25) is 5.91 Å². The average Bonchev–Trinajstić information content (AvgIpc) is 2.88. The molecule has 7 heteroatoms. The maximum Gasteiger partial charge on any atom is 0.221 e. The lowest BCUT2D eigenvalue weighted by atomic mass is 10.2. The van der Waals surface area contributed by atoms with Crippen molar-refractivity contribution in [1.82, 2.24) is 14.8 Å². The lowest BCUT2D eigenvalue weighted by Crippen LogP contribution is -2.38. The van der Waals surface area contributed by atoms with E-state index in [2.05, 4.69) is 15.5 Å². The highest BCUT2D eigenvalue weighted by atomic mass is 35.5. The van der Waals surface area contributed by atoms with E-state index in [-0.39, 0.29) is 5.91 Å². The minimum Gasteiger partial charge on any atom is -0.357 e. The Labute approximate surface area is 159 Å². The Bertz CT molecular complexity index is 784. The predicted molar refractivity (Wildman–Crippen MR) is 107 cm³/mol. The number of nitrogens with one attached hydrogen (secondary N) is 2. The van der Waals surface area contributed by atoms with Crippen molar-refractivity contribution < 1.29 is 4.79 Å². The Hall–Kier alpha value is -2.47. The number of carbonyl (C=O) groups is 1. The van der Waals surface area contributed by atoms with E-state index in [4.69, 9.17) is 16.6 Å². The van der Waals surface area contributed by atoms with Crippen LogP contribution in [0.25, 0.3) is 0 Å². The highest BCUT2D eigenvalue weighted by Gasteiger charge is 2.10. The van der Waals surface area contributed by atoms with Gasteiger partial charge in [0.1, 0.15) is 0 Å². The third-order valence-electron chi connectivity index (χ3n) is 3.83. The predicted octanol–water partition coefficient (Wildman–Crippen LogP) is 3.23. The monoisotopic (exact) mass is 375 g/mol. The molecule has 0 atom stereocenters. The smallest absolute Gasteiger partial charge is 0.221 e. The van der Waals surface area contributed by atoms with Crippen LogP contribution >= 0.6 is 11.6 Å². The third-order valence-corrected chi connectivity index (χ3v) is 4.04. The van der Waals surface area contributed by atoms with Gasteiger partial charge in [0.05, 0.1) is 18.1 Å². The molecule has 2 aromatic rings. The van der Waals surface area contributed by atoms with Gasteiger partial charge in [-0.25, -0.2) is 4.99 Å². The van der Waals surface area contributed by atoms with Crippen molar-refractivity contribution in [2.24, 2.45) is 12.0 Å². The van der Waals surface area contributed by atoms with Gasteiger partial charge in [-0.3, -0.25) is 4.79 Å². The number of rotatable bonds is 6. The maximum atomic E-state index is 11.2. The van der Waals surface area contributed by atoms with Crippen LogP contribution in [0.15, 0.2) is 41.5 Å². The molecule has 1 aromatic carbocycles. The molecule has 2 rings (SSSR count). The standard InChI is InChI=1S/C19H26ClN5O/c1-5-21-19(25(4)13-18-10-16(20)12-24(18)3)22-11-15-7-6-8-17(9-15)23-14(2)26/h6-10,12H,5,11,13H2,1-4H3,(H,21,22)(H,23,26). The second kappa shape index (κ2) is 9.29. The zero-order chi connectivity index (χ0) is 19.1. The van der Waals surface area contributed by atoms with Gasteiger partial charge in [-0.1, -0.05) is 23.7 Å². The van der Waals surface area contributed by atoms with Gasteiger partial charge < -0.3 is 20.1 Å². The molecule has 140 valence electrons. The summed E-state index contributed by atoms with van der Waals surface area (Å²) >= 11 is 6.07. The number of nitrogens with zero attached hydrogens (tertiary/aromatic N) is 3. The number of aromatic nitrogens is 1. The number of anilines is 1. The van der Waals surface area contributed by atoms with Gasteiger partial charge in [0.25, 0.3) is 0 Å². The van der Waals surface area contributed by atoms with Crippen LogP contribution in [0.3, 0.4) is 0 Å². The van der Waals surface area contributed by atoms with Gasteiger partial charge in [0.15, 0.2) is 5.96 Å². The summed E-state index contributed by atoms with van der Waals surface area (Å²) in [7, 11) is 3.97. The zero-order valence-corrected chi connectivity index (χ0v) is 16.5. The number of aliphatic imine (C=N–C) groups is 1. The van der Waals surface area contributed by atoms with E-state index in [0.717, 1.165) is 34.5 Å². The fraction of sp³-hybridized carbons (Fsp3) is 0.368. The van der Waals surface area contributed by atoms with Gasteiger partial charge in [-0.2, -0.15) is 0 Å². The number of halogens is 1. The van der Waals surface area contributed by atoms with Crippen LogP contribution < -0.4 is 10.6 Å². The van der Waals surface area contributed by atoms with E-state index in [0.29, 0.717) is 13.1 Å². The van der Waals surface area contributed by atoms with E-state index in [1.807, 2.05) is 62.1 Å². The largest absolute Gasteiger partial charge is 0.357 e. The topological polar surface area (TPSA) is 61.7 Å².